The van der Waals surface area contributed by atoms with Gasteiger partial charge in [-0.2, -0.15) is 0 Å². The topological polar surface area (TPSA) is 181 Å². The minimum Gasteiger partial charge on any atom is -0.481 e. The molecule has 0 radical (unpaired) electrons. The highest BCUT2D eigenvalue weighted by atomic mass is 16.7. The van der Waals surface area contributed by atoms with E-state index in [-0.39, 0.29) is 26.1 Å². The maximum absolute atomic E-state index is 12.8. The van der Waals surface area contributed by atoms with Crippen molar-refractivity contribution >= 4 is 11.9 Å². The van der Waals surface area contributed by atoms with Crippen molar-refractivity contribution in [2.75, 3.05) is 13.2 Å². The number of aliphatic hydroxyl groups excluding tert-OH is 2. The average Bonchev–Trinajstić information content (AvgIpc) is 3.33. The number of hydrogen-bond acceptors (Lipinski definition) is 12. The van der Waals surface area contributed by atoms with E-state index in [4.69, 9.17) is 37.9 Å². The van der Waals surface area contributed by atoms with E-state index in [9.17, 15) is 24.9 Å². The van der Waals surface area contributed by atoms with Crippen molar-refractivity contribution in [1.82, 2.24) is 5.32 Å². The van der Waals surface area contributed by atoms with Crippen molar-refractivity contribution < 1.29 is 62.8 Å². The Kier molecular flexibility index (Phi) is 18.7. The third-order valence-corrected chi connectivity index (χ3v) is 13.5. The van der Waals surface area contributed by atoms with Crippen LogP contribution in [0, 0.1) is 17.8 Å². The number of benzene rings is 3. The van der Waals surface area contributed by atoms with Crippen LogP contribution in [0.3, 0.4) is 0 Å². The van der Waals surface area contributed by atoms with E-state index in [1.807, 2.05) is 97.9 Å². The van der Waals surface area contributed by atoms with Gasteiger partial charge >= 0.3 is 5.97 Å². The molecule has 2 aliphatic heterocycles. The first-order chi connectivity index (χ1) is 32.1. The second-order valence-corrected chi connectivity index (χ2v) is 18.2. The number of carboxylic acid groups (broad SMARTS) is 1. The van der Waals surface area contributed by atoms with Crippen LogP contribution in [0.15, 0.2) is 104 Å². The van der Waals surface area contributed by atoms with Gasteiger partial charge in [-0.05, 0) is 48.8 Å². The Balaban J connectivity index is 1.19. The van der Waals surface area contributed by atoms with Gasteiger partial charge in [0.05, 0.1) is 50.7 Å². The molecule has 1 amide bonds. The van der Waals surface area contributed by atoms with Crippen LogP contribution in [0.2, 0.25) is 0 Å². The second-order valence-electron chi connectivity index (χ2n) is 18.2. The van der Waals surface area contributed by atoms with Gasteiger partial charge in [-0.25, -0.2) is 0 Å². The number of carboxylic acids is 1. The zero-order valence-corrected chi connectivity index (χ0v) is 38.2. The van der Waals surface area contributed by atoms with Crippen molar-refractivity contribution in [2.45, 2.75) is 159 Å². The molecule has 14 atom stereocenters. The number of aliphatic carboxylic acids is 1. The first-order valence-electron chi connectivity index (χ1n) is 23.7. The van der Waals surface area contributed by atoms with Crippen molar-refractivity contribution in [3.63, 3.8) is 0 Å². The number of rotatable bonds is 21. The number of ether oxygens (including phenoxy) is 8. The van der Waals surface area contributed by atoms with E-state index in [1.165, 1.54) is 26.2 Å². The molecule has 360 valence electrons. The molecule has 2 heterocycles. The van der Waals surface area contributed by atoms with Crippen LogP contribution in [-0.2, 0) is 67.3 Å². The van der Waals surface area contributed by atoms with Gasteiger partial charge in [0, 0.05) is 19.4 Å². The summed E-state index contributed by atoms with van der Waals surface area (Å²) in [5.41, 5.74) is 2.85. The fourth-order valence-electron chi connectivity index (χ4n) is 9.93. The molecule has 3 aromatic carbocycles. The summed E-state index contributed by atoms with van der Waals surface area (Å²) in [6, 6.07) is 28.4. The predicted octanol–water partition coefficient (Wildman–Crippen LogP) is 6.49. The molecule has 14 nitrogen and oxygen atoms in total. The lowest BCUT2D eigenvalue weighted by Gasteiger charge is -2.49. The van der Waals surface area contributed by atoms with Crippen molar-refractivity contribution in [3.05, 3.63) is 120 Å². The van der Waals surface area contributed by atoms with E-state index < -0.39 is 104 Å². The summed E-state index contributed by atoms with van der Waals surface area (Å²) < 4.78 is 53.6. The Morgan fingerprint density at radius 3 is 1.85 bits per heavy atom. The minimum absolute atomic E-state index is 0.00506. The number of nitrogens with one attached hydrogen (secondary N) is 1. The van der Waals surface area contributed by atoms with Crippen LogP contribution >= 0.6 is 0 Å². The summed E-state index contributed by atoms with van der Waals surface area (Å²) in [6.07, 6.45) is -1.96. The minimum atomic E-state index is -1.30. The monoisotopic (exact) mass is 915 g/mol. The van der Waals surface area contributed by atoms with Crippen LogP contribution in [0.25, 0.3) is 0 Å². The second kappa shape index (κ2) is 24.8. The first-order valence-corrected chi connectivity index (χ1v) is 23.7. The van der Waals surface area contributed by atoms with Crippen LogP contribution in [0.1, 0.15) is 81.9 Å². The van der Waals surface area contributed by atoms with Crippen molar-refractivity contribution in [2.24, 2.45) is 17.8 Å². The first kappa shape index (κ1) is 49.8. The summed E-state index contributed by atoms with van der Waals surface area (Å²) in [5.74, 6) is -2.33. The number of amides is 1. The summed E-state index contributed by atoms with van der Waals surface area (Å²) in [7, 11) is 0. The van der Waals surface area contributed by atoms with E-state index >= 15 is 0 Å². The Hall–Kier alpha value is -4.06. The van der Waals surface area contributed by atoms with Gasteiger partial charge in [0.1, 0.15) is 42.7 Å². The van der Waals surface area contributed by atoms with E-state index in [2.05, 4.69) is 11.9 Å². The third kappa shape index (κ3) is 13.3. The summed E-state index contributed by atoms with van der Waals surface area (Å²) >= 11 is 0. The number of hydrogen-bond donors (Lipinski definition) is 4. The standard InChI is InChI=1S/C52H69NO13/c1-4-39-27-40(50(57)58)28-41(64-51-43(53-34(3)55)47(44(56)42(29-54)65-51)59-26-25-35-17-9-5-10-18-35)46(39)66-52-49(62-32-38-23-15-8-16-24-38)48(61-31-37-21-13-7-14-22-37)45(33(2)63-52)60-30-36-19-11-6-12-20-36/h4,6-8,11-16,19-24,33,35,39-49,51-52,54,56H,1,5,9-10,17-18,25-32H2,2-3H3,(H,53,55)(H,57,58)/t33-,39?,40?,41+,42-,43?,44-,45-,46+,47?,48?,49-,51+,52?/m0/s1. The van der Waals surface area contributed by atoms with Gasteiger partial charge in [-0.15, -0.1) is 6.58 Å². The Morgan fingerprint density at radius 1 is 0.727 bits per heavy atom. The van der Waals surface area contributed by atoms with Gasteiger partial charge in [-0.3, -0.25) is 9.59 Å². The van der Waals surface area contributed by atoms with Gasteiger partial charge in [-0.1, -0.05) is 129 Å². The fourth-order valence-corrected chi connectivity index (χ4v) is 9.93. The van der Waals surface area contributed by atoms with E-state index in [1.54, 1.807) is 6.08 Å². The summed E-state index contributed by atoms with van der Waals surface area (Å²) in [4.78, 5) is 25.6. The van der Waals surface area contributed by atoms with Gasteiger partial charge in [0.15, 0.2) is 12.6 Å². The molecular formula is C52H69NO13. The van der Waals surface area contributed by atoms with Crippen LogP contribution in [-0.4, -0.2) is 114 Å². The van der Waals surface area contributed by atoms with Crippen LogP contribution in [0.4, 0.5) is 0 Å². The lowest BCUT2D eigenvalue weighted by molar-refractivity contribution is -0.349. The SMILES string of the molecule is C=CC1CC(C(=O)O)C[C@@H](O[C@@H]2O[C@@H](CO)[C@H](O)C(OCCC3CCCCC3)C2NC(C)=O)[C@@H]1OC1O[C@@H](C)[C@H](OCc2ccccc2)C(OCc2ccccc2)[C@@H]1OCc1ccccc1. The summed E-state index contributed by atoms with van der Waals surface area (Å²) in [6.45, 7) is 7.87. The molecule has 2 saturated heterocycles. The number of aliphatic hydroxyl groups is 2. The van der Waals surface area contributed by atoms with Crippen molar-refractivity contribution in [1.29, 1.82) is 0 Å². The van der Waals surface area contributed by atoms with Gasteiger partial charge in [0.25, 0.3) is 0 Å². The average molecular weight is 916 g/mol. The third-order valence-electron chi connectivity index (χ3n) is 13.5. The Bertz CT molecular complexity index is 1920. The molecule has 4 fully saturated rings. The summed E-state index contributed by atoms with van der Waals surface area (Å²) in [5, 5.41) is 35.3. The maximum atomic E-state index is 12.8. The molecule has 7 rings (SSSR count). The van der Waals surface area contributed by atoms with Gasteiger partial charge in [0.2, 0.25) is 5.91 Å². The Morgan fingerprint density at radius 2 is 1.30 bits per heavy atom. The molecule has 14 heteroatoms. The molecule has 4 N–H and O–H groups in total. The quantitative estimate of drug-likeness (QED) is 0.0853. The molecule has 2 saturated carbocycles. The smallest absolute Gasteiger partial charge is 0.306 e. The maximum Gasteiger partial charge on any atom is 0.306 e. The van der Waals surface area contributed by atoms with Crippen molar-refractivity contribution in [3.8, 4) is 0 Å². The predicted molar refractivity (Wildman–Crippen MR) is 243 cm³/mol. The van der Waals surface area contributed by atoms with E-state index in [0.29, 0.717) is 19.1 Å². The number of carbonyl (C=O) groups excluding carboxylic acids is 1. The highest BCUT2D eigenvalue weighted by Crippen LogP contribution is 2.40. The van der Waals surface area contributed by atoms with Gasteiger partial charge < -0.3 is 58.5 Å². The molecule has 3 aromatic rings. The molecule has 2 aliphatic carbocycles. The molecular weight excluding hydrogens is 847 g/mol. The lowest BCUT2D eigenvalue weighted by Crippen LogP contribution is -2.66. The molecule has 6 unspecified atom stereocenters. The Labute approximate surface area is 388 Å². The highest BCUT2D eigenvalue weighted by molar-refractivity contribution is 5.73. The molecule has 66 heavy (non-hydrogen) atoms. The largest absolute Gasteiger partial charge is 0.481 e. The fraction of sp³-hybridized carbons (Fsp3) is 0.577. The zero-order chi connectivity index (χ0) is 46.4. The highest BCUT2D eigenvalue weighted by Gasteiger charge is 2.53. The zero-order valence-electron chi connectivity index (χ0n) is 38.2. The van der Waals surface area contributed by atoms with Crippen LogP contribution in [0.5, 0.6) is 0 Å². The molecule has 0 bridgehead atoms. The molecule has 0 aromatic heterocycles. The van der Waals surface area contributed by atoms with E-state index in [0.717, 1.165) is 36.0 Å². The normalized spacial score (nSPS) is 32.9. The molecule has 0 spiro atoms. The number of carbonyl (C=O) groups is 2. The lowest BCUT2D eigenvalue weighted by atomic mass is 9.77. The molecule has 4 aliphatic rings. The van der Waals surface area contributed by atoms with Crippen LogP contribution < -0.4 is 5.32 Å².